The van der Waals surface area contributed by atoms with Gasteiger partial charge in [-0.05, 0) is 35.7 Å². The van der Waals surface area contributed by atoms with Crippen molar-refractivity contribution in [1.82, 2.24) is 10.2 Å². The summed E-state index contributed by atoms with van der Waals surface area (Å²) < 4.78 is 18.8. The van der Waals surface area contributed by atoms with Crippen LogP contribution in [0.25, 0.3) is 22.2 Å². The molecule has 3 rings (SSSR count). The normalized spacial score (nSPS) is 10.5. The number of nitrogens with two attached hydrogens (primary N) is 1. The largest absolute Gasteiger partial charge is 0.574 e. The third kappa shape index (κ3) is 3.11. The van der Waals surface area contributed by atoms with E-state index in [1.807, 2.05) is 0 Å². The van der Waals surface area contributed by atoms with Gasteiger partial charge in [0.05, 0.1) is 12.3 Å². The monoisotopic (exact) mass is 479 g/mol. The van der Waals surface area contributed by atoms with Crippen LogP contribution in [0.2, 0.25) is 0 Å². The Morgan fingerprint density at radius 1 is 1.23 bits per heavy atom. The summed E-state index contributed by atoms with van der Waals surface area (Å²) in [5.41, 5.74) is 8.41. The van der Waals surface area contributed by atoms with E-state index in [1.165, 1.54) is 12.1 Å². The number of nitrogen functional groups attached to an aromatic ring is 1. The minimum atomic E-state index is -0.490. The number of benzene rings is 2. The molecule has 3 N–H and O–H groups in total. The molecule has 0 aliphatic carbocycles. The zero-order valence-electron chi connectivity index (χ0n) is 11.4. The van der Waals surface area contributed by atoms with Crippen molar-refractivity contribution < 1.29 is 34.3 Å². The van der Waals surface area contributed by atoms with Gasteiger partial charge < -0.3 is 25.8 Å². The van der Waals surface area contributed by atoms with Crippen LogP contribution >= 0.6 is 0 Å². The Hall–Kier alpha value is -1.95. The van der Waals surface area contributed by atoms with Crippen LogP contribution in [0, 0.1) is 5.82 Å². The van der Waals surface area contributed by atoms with E-state index >= 15 is 0 Å². The van der Waals surface area contributed by atoms with Gasteiger partial charge >= 0.3 is 0 Å². The van der Waals surface area contributed by atoms with E-state index in [1.54, 1.807) is 24.3 Å². The van der Waals surface area contributed by atoms with Crippen LogP contribution < -0.4 is 15.6 Å². The average Bonchev–Trinajstić information content (AvgIpc) is 2.89. The number of halogens is 1. The van der Waals surface area contributed by atoms with Gasteiger partial charge in [0.1, 0.15) is 6.61 Å². The van der Waals surface area contributed by atoms with Gasteiger partial charge in [0.2, 0.25) is 0 Å². The molecule has 0 unspecified atom stereocenters. The molecule has 0 saturated heterocycles. The third-order valence-electron chi connectivity index (χ3n) is 3.09. The first-order valence-corrected chi connectivity index (χ1v) is 6.41. The van der Waals surface area contributed by atoms with Crippen molar-refractivity contribution in [1.29, 1.82) is 0 Å². The molecule has 0 atom stereocenters. The molecule has 0 spiro atoms. The number of ether oxygens (including phenoxy) is 1. The Labute approximate surface area is 139 Å². The van der Waals surface area contributed by atoms with Gasteiger partial charge in [-0.3, -0.25) is 0 Å². The molecule has 0 amide bonds. The first-order chi connectivity index (χ1) is 10.2. The van der Waals surface area contributed by atoms with Crippen molar-refractivity contribution in [2.75, 3.05) is 18.9 Å². The number of aliphatic hydroxyl groups excluding tert-OH is 1. The SMILES string of the molecule is Nc1ccc2[n-]nc(-c3ccc(F)c(OCCO)c3)c2c1.[Ir]. The molecule has 117 valence electrons. The number of anilines is 1. The Balaban J connectivity index is 0.00000176. The van der Waals surface area contributed by atoms with Gasteiger partial charge in [0.25, 0.3) is 0 Å². The molecular formula is C15H13FIrN3O2-. The summed E-state index contributed by atoms with van der Waals surface area (Å²) >= 11 is 0. The van der Waals surface area contributed by atoms with Gasteiger partial charge in [0.15, 0.2) is 11.6 Å². The van der Waals surface area contributed by atoms with Crippen LogP contribution in [-0.4, -0.2) is 23.4 Å². The van der Waals surface area contributed by atoms with E-state index in [4.69, 9.17) is 15.6 Å². The van der Waals surface area contributed by atoms with Crippen molar-refractivity contribution in [3.05, 3.63) is 42.2 Å². The maximum absolute atomic E-state index is 13.6. The van der Waals surface area contributed by atoms with Crippen molar-refractivity contribution in [2.45, 2.75) is 0 Å². The maximum Gasteiger partial charge on any atom is 0.165 e. The second-order valence-electron chi connectivity index (χ2n) is 4.54. The Bertz CT molecular complexity index is 792. The molecule has 5 nitrogen and oxygen atoms in total. The summed E-state index contributed by atoms with van der Waals surface area (Å²) in [4.78, 5) is 0. The van der Waals surface area contributed by atoms with Crippen molar-refractivity contribution in [2.24, 2.45) is 0 Å². The Morgan fingerprint density at radius 3 is 2.82 bits per heavy atom. The Kier molecular flexibility index (Phi) is 5.13. The number of hydrogen-bond acceptors (Lipinski definition) is 4. The zero-order chi connectivity index (χ0) is 14.8. The zero-order valence-corrected chi connectivity index (χ0v) is 13.8. The number of aliphatic hydroxyl groups is 1. The van der Waals surface area contributed by atoms with Crippen LogP contribution in [-0.2, 0) is 20.1 Å². The fourth-order valence-electron chi connectivity index (χ4n) is 2.12. The number of hydrogen-bond donors (Lipinski definition) is 2. The van der Waals surface area contributed by atoms with E-state index in [9.17, 15) is 4.39 Å². The molecule has 0 fully saturated rings. The second kappa shape index (κ2) is 6.87. The predicted octanol–water partition coefficient (Wildman–Crippen LogP) is 1.95. The van der Waals surface area contributed by atoms with Gasteiger partial charge in [-0.15, -0.1) is 5.52 Å². The van der Waals surface area contributed by atoms with Crippen LogP contribution in [0.15, 0.2) is 36.4 Å². The molecule has 0 saturated carbocycles. The van der Waals surface area contributed by atoms with Crippen molar-refractivity contribution in [3.63, 3.8) is 0 Å². The minimum Gasteiger partial charge on any atom is -0.574 e. The number of fused-ring (bicyclic) bond motifs is 1. The van der Waals surface area contributed by atoms with Crippen LogP contribution in [0.1, 0.15) is 0 Å². The standard InChI is InChI=1S/C15H13FN3O2.Ir/c16-12-3-1-9(7-14(12)21-6-5-20)15-11-8-10(17)2-4-13(11)18-19-15;/h1-4,7-8,20H,5-6,17H2;/q-1;. The second-order valence-corrected chi connectivity index (χ2v) is 4.54. The summed E-state index contributed by atoms with van der Waals surface area (Å²) in [6.07, 6.45) is 0. The number of nitrogens with zero attached hydrogens (tertiary/aromatic N) is 2. The summed E-state index contributed by atoms with van der Waals surface area (Å²) in [7, 11) is 0. The summed E-state index contributed by atoms with van der Waals surface area (Å²) in [6.45, 7) is -0.153. The molecule has 1 radical (unpaired) electrons. The summed E-state index contributed by atoms with van der Waals surface area (Å²) in [5, 5.41) is 17.8. The van der Waals surface area contributed by atoms with E-state index < -0.39 is 5.82 Å². The molecule has 0 aliphatic heterocycles. The molecule has 0 bridgehead atoms. The Morgan fingerprint density at radius 2 is 2.05 bits per heavy atom. The van der Waals surface area contributed by atoms with E-state index in [2.05, 4.69) is 10.2 Å². The molecule has 2 aromatic carbocycles. The van der Waals surface area contributed by atoms with Gasteiger partial charge in [-0.2, -0.15) is 0 Å². The quantitative estimate of drug-likeness (QED) is 0.561. The average molecular weight is 479 g/mol. The fraction of sp³-hybridized carbons (Fsp3) is 0.133. The van der Waals surface area contributed by atoms with Crippen molar-refractivity contribution in [3.8, 4) is 17.0 Å². The van der Waals surface area contributed by atoms with E-state index in [0.29, 0.717) is 16.9 Å². The smallest absolute Gasteiger partial charge is 0.165 e. The third-order valence-corrected chi connectivity index (χ3v) is 3.09. The van der Waals surface area contributed by atoms with E-state index in [0.717, 1.165) is 10.9 Å². The topological polar surface area (TPSA) is 82.5 Å². The fourth-order valence-corrected chi connectivity index (χ4v) is 2.12. The van der Waals surface area contributed by atoms with E-state index in [-0.39, 0.29) is 39.1 Å². The first-order valence-electron chi connectivity index (χ1n) is 6.41. The molecule has 3 aromatic rings. The molecule has 1 heterocycles. The molecule has 0 aliphatic rings. The summed E-state index contributed by atoms with van der Waals surface area (Å²) in [6, 6.07) is 9.76. The molecule has 22 heavy (non-hydrogen) atoms. The van der Waals surface area contributed by atoms with Crippen LogP contribution in [0.3, 0.4) is 0 Å². The van der Waals surface area contributed by atoms with Crippen molar-refractivity contribution >= 4 is 16.6 Å². The number of rotatable bonds is 4. The van der Waals surface area contributed by atoms with Gasteiger partial charge in [-0.25, -0.2) is 4.39 Å². The summed E-state index contributed by atoms with van der Waals surface area (Å²) in [5.74, 6) is -0.419. The first kappa shape index (κ1) is 16.4. The molecular weight excluding hydrogens is 465 g/mol. The predicted molar refractivity (Wildman–Crippen MR) is 77.5 cm³/mol. The maximum atomic E-state index is 13.6. The minimum absolute atomic E-state index is 0. The van der Waals surface area contributed by atoms with Crippen LogP contribution in [0.5, 0.6) is 5.75 Å². The van der Waals surface area contributed by atoms with Gasteiger partial charge in [0, 0.05) is 31.4 Å². The molecule has 7 heteroatoms. The molecule has 1 aromatic heterocycles. The number of aromatic nitrogens is 2. The van der Waals surface area contributed by atoms with Gasteiger partial charge in [-0.1, -0.05) is 6.07 Å². The van der Waals surface area contributed by atoms with Crippen LogP contribution in [0.4, 0.5) is 10.1 Å².